The van der Waals surface area contributed by atoms with Crippen molar-refractivity contribution in [1.29, 1.82) is 0 Å². The molecule has 18 heavy (non-hydrogen) atoms. The molecule has 1 unspecified atom stereocenters. The average Bonchev–Trinajstić information content (AvgIpc) is 2.40. The standard InChI is InChI=1S/C14H26N2O2/c15-12-2-1-6-16(11-12)13-3-7-18-14(10-13)4-8-17-9-5-14/h12-13H,1-11,15H2/t12-,13?/m1/s1. The first-order valence-corrected chi connectivity index (χ1v) is 7.49. The molecule has 0 aromatic carbocycles. The van der Waals surface area contributed by atoms with Crippen LogP contribution in [0, 0.1) is 0 Å². The number of nitrogens with zero attached hydrogens (tertiary/aromatic N) is 1. The van der Waals surface area contributed by atoms with E-state index in [0.29, 0.717) is 12.1 Å². The summed E-state index contributed by atoms with van der Waals surface area (Å²) in [4.78, 5) is 2.62. The normalized spacial score (nSPS) is 37.8. The molecule has 0 radical (unpaired) electrons. The number of ether oxygens (including phenoxy) is 2. The van der Waals surface area contributed by atoms with Crippen LogP contribution < -0.4 is 5.73 Å². The van der Waals surface area contributed by atoms with Crippen molar-refractivity contribution < 1.29 is 9.47 Å². The maximum atomic E-state index is 6.12. The second-order valence-electron chi connectivity index (χ2n) is 6.19. The van der Waals surface area contributed by atoms with E-state index >= 15 is 0 Å². The smallest absolute Gasteiger partial charge is 0.0741 e. The zero-order valence-electron chi connectivity index (χ0n) is 11.3. The molecule has 0 bridgehead atoms. The van der Waals surface area contributed by atoms with Crippen molar-refractivity contribution in [3.8, 4) is 0 Å². The van der Waals surface area contributed by atoms with Crippen LogP contribution in [0.5, 0.6) is 0 Å². The molecule has 3 rings (SSSR count). The minimum atomic E-state index is 0.114. The Balaban J connectivity index is 1.62. The first-order chi connectivity index (χ1) is 8.77. The number of piperidine rings is 1. The molecule has 104 valence electrons. The topological polar surface area (TPSA) is 47.7 Å². The van der Waals surface area contributed by atoms with Crippen LogP contribution in [0.4, 0.5) is 0 Å². The lowest BCUT2D eigenvalue weighted by Crippen LogP contribution is -2.54. The lowest BCUT2D eigenvalue weighted by atomic mass is 9.83. The molecule has 1 spiro atoms. The summed E-state index contributed by atoms with van der Waals surface area (Å²) in [6.07, 6.45) is 6.96. The SMILES string of the molecule is N[C@@H]1CCCN(C2CCOC3(CCOCC3)C2)C1. The summed E-state index contributed by atoms with van der Waals surface area (Å²) in [5, 5.41) is 0. The Hall–Kier alpha value is -0.160. The van der Waals surface area contributed by atoms with E-state index in [0.717, 1.165) is 39.2 Å². The number of rotatable bonds is 1. The van der Waals surface area contributed by atoms with Gasteiger partial charge >= 0.3 is 0 Å². The molecule has 2 N–H and O–H groups in total. The van der Waals surface area contributed by atoms with Crippen molar-refractivity contribution in [1.82, 2.24) is 4.90 Å². The van der Waals surface area contributed by atoms with Gasteiger partial charge in [0.2, 0.25) is 0 Å². The minimum absolute atomic E-state index is 0.114. The molecule has 0 amide bonds. The van der Waals surface area contributed by atoms with Crippen molar-refractivity contribution in [2.24, 2.45) is 5.73 Å². The maximum absolute atomic E-state index is 6.12. The van der Waals surface area contributed by atoms with Gasteiger partial charge in [0.15, 0.2) is 0 Å². The highest BCUT2D eigenvalue weighted by molar-refractivity contribution is 4.93. The van der Waals surface area contributed by atoms with Crippen LogP contribution in [-0.4, -0.2) is 55.5 Å². The Morgan fingerprint density at radius 3 is 2.72 bits per heavy atom. The maximum Gasteiger partial charge on any atom is 0.0741 e. The number of nitrogens with two attached hydrogens (primary N) is 1. The quantitative estimate of drug-likeness (QED) is 0.762. The molecule has 0 aromatic heterocycles. The first kappa shape index (κ1) is 12.9. The molecule has 3 aliphatic heterocycles. The largest absolute Gasteiger partial charge is 0.381 e. The fourth-order valence-electron chi connectivity index (χ4n) is 3.78. The summed E-state index contributed by atoms with van der Waals surface area (Å²) in [7, 11) is 0. The van der Waals surface area contributed by atoms with E-state index in [1.807, 2.05) is 0 Å². The lowest BCUT2D eigenvalue weighted by molar-refractivity contribution is -0.152. The van der Waals surface area contributed by atoms with E-state index in [2.05, 4.69) is 4.90 Å². The van der Waals surface area contributed by atoms with Crippen molar-refractivity contribution in [2.75, 3.05) is 32.9 Å². The predicted molar refractivity (Wildman–Crippen MR) is 70.5 cm³/mol. The highest BCUT2D eigenvalue weighted by Gasteiger charge is 2.41. The molecule has 4 nitrogen and oxygen atoms in total. The van der Waals surface area contributed by atoms with Gasteiger partial charge in [-0.2, -0.15) is 0 Å². The molecule has 4 heteroatoms. The van der Waals surface area contributed by atoms with Crippen LogP contribution in [0.2, 0.25) is 0 Å². The van der Waals surface area contributed by atoms with Crippen molar-refractivity contribution in [3.05, 3.63) is 0 Å². The predicted octanol–water partition coefficient (Wildman–Crippen LogP) is 1.14. The number of hydrogen-bond donors (Lipinski definition) is 1. The van der Waals surface area contributed by atoms with Crippen LogP contribution in [0.25, 0.3) is 0 Å². The first-order valence-electron chi connectivity index (χ1n) is 7.49. The molecule has 0 aliphatic carbocycles. The van der Waals surface area contributed by atoms with Gasteiger partial charge in [-0.25, -0.2) is 0 Å². The molecule has 3 aliphatic rings. The molecular weight excluding hydrogens is 228 g/mol. The highest BCUT2D eigenvalue weighted by Crippen LogP contribution is 2.36. The van der Waals surface area contributed by atoms with E-state index in [9.17, 15) is 0 Å². The second kappa shape index (κ2) is 5.45. The van der Waals surface area contributed by atoms with Crippen molar-refractivity contribution in [3.63, 3.8) is 0 Å². The highest BCUT2D eigenvalue weighted by atomic mass is 16.5. The molecule has 0 saturated carbocycles. The van der Waals surface area contributed by atoms with Gasteiger partial charge in [0, 0.05) is 38.4 Å². The molecule has 0 aromatic rings. The molecule has 3 fully saturated rings. The fraction of sp³-hybridized carbons (Fsp3) is 1.00. The van der Waals surface area contributed by atoms with Gasteiger partial charge in [0.1, 0.15) is 0 Å². The number of likely N-dealkylation sites (tertiary alicyclic amines) is 1. The summed E-state index contributed by atoms with van der Waals surface area (Å²) >= 11 is 0. The van der Waals surface area contributed by atoms with Crippen molar-refractivity contribution in [2.45, 2.75) is 56.2 Å². The zero-order chi connectivity index (χ0) is 12.4. The summed E-state index contributed by atoms with van der Waals surface area (Å²) in [6.45, 7) is 4.96. The van der Waals surface area contributed by atoms with E-state index in [1.54, 1.807) is 0 Å². The lowest BCUT2D eigenvalue weighted by Gasteiger charge is -2.47. The molecular formula is C14H26N2O2. The van der Waals surface area contributed by atoms with Gasteiger partial charge < -0.3 is 15.2 Å². The summed E-state index contributed by atoms with van der Waals surface area (Å²) < 4.78 is 11.6. The van der Waals surface area contributed by atoms with Gasteiger partial charge in [-0.15, -0.1) is 0 Å². The van der Waals surface area contributed by atoms with Crippen molar-refractivity contribution >= 4 is 0 Å². The van der Waals surface area contributed by atoms with Gasteiger partial charge in [-0.3, -0.25) is 4.90 Å². The third-order valence-corrected chi connectivity index (χ3v) is 4.88. The zero-order valence-corrected chi connectivity index (χ0v) is 11.3. The molecule has 3 heterocycles. The Morgan fingerprint density at radius 1 is 1.11 bits per heavy atom. The third-order valence-electron chi connectivity index (χ3n) is 4.88. The minimum Gasteiger partial charge on any atom is -0.381 e. The Morgan fingerprint density at radius 2 is 1.94 bits per heavy atom. The Kier molecular flexibility index (Phi) is 3.89. The van der Waals surface area contributed by atoms with Gasteiger partial charge in [0.25, 0.3) is 0 Å². The van der Waals surface area contributed by atoms with Crippen LogP contribution in [-0.2, 0) is 9.47 Å². The van der Waals surface area contributed by atoms with E-state index in [1.165, 1.54) is 32.2 Å². The van der Waals surface area contributed by atoms with Gasteiger partial charge in [0.05, 0.1) is 5.60 Å². The van der Waals surface area contributed by atoms with Crippen LogP contribution in [0.3, 0.4) is 0 Å². The third kappa shape index (κ3) is 2.72. The van der Waals surface area contributed by atoms with Gasteiger partial charge in [-0.05, 0) is 45.1 Å². The Labute approximate surface area is 110 Å². The average molecular weight is 254 g/mol. The molecule has 3 saturated heterocycles. The van der Waals surface area contributed by atoms with E-state index < -0.39 is 0 Å². The monoisotopic (exact) mass is 254 g/mol. The van der Waals surface area contributed by atoms with E-state index in [4.69, 9.17) is 15.2 Å². The summed E-state index contributed by atoms with van der Waals surface area (Å²) in [5.41, 5.74) is 6.22. The Bertz CT molecular complexity index is 273. The molecule has 2 atom stereocenters. The number of hydrogen-bond acceptors (Lipinski definition) is 4. The van der Waals surface area contributed by atoms with Crippen LogP contribution in [0.1, 0.15) is 38.5 Å². The fourth-order valence-corrected chi connectivity index (χ4v) is 3.78. The van der Waals surface area contributed by atoms with E-state index in [-0.39, 0.29) is 5.60 Å². The second-order valence-corrected chi connectivity index (χ2v) is 6.19. The van der Waals surface area contributed by atoms with Crippen LogP contribution in [0.15, 0.2) is 0 Å². The summed E-state index contributed by atoms with van der Waals surface area (Å²) in [5.74, 6) is 0. The summed E-state index contributed by atoms with van der Waals surface area (Å²) in [6, 6.07) is 1.07. The van der Waals surface area contributed by atoms with Gasteiger partial charge in [-0.1, -0.05) is 0 Å². The van der Waals surface area contributed by atoms with Crippen LogP contribution >= 0.6 is 0 Å².